The molecule has 0 saturated heterocycles. The Kier molecular flexibility index (Phi) is 4.67. The molecule has 9 heteroatoms. The number of benzene rings is 2. The van der Waals surface area contributed by atoms with Crippen LogP contribution in [0.3, 0.4) is 0 Å². The molecule has 0 atom stereocenters. The van der Waals surface area contributed by atoms with Crippen molar-refractivity contribution in [2.45, 2.75) is 11.4 Å². The van der Waals surface area contributed by atoms with E-state index in [1.165, 1.54) is 48.5 Å². The number of hydrogen-bond acceptors (Lipinski definition) is 5. The summed E-state index contributed by atoms with van der Waals surface area (Å²) in [6, 6.07) is 14.2. The molecule has 2 amide bonds. The van der Waals surface area contributed by atoms with Gasteiger partial charge in [-0.05, 0) is 42.0 Å². The van der Waals surface area contributed by atoms with Gasteiger partial charge in [0.25, 0.3) is 10.0 Å². The fourth-order valence-corrected chi connectivity index (χ4v) is 4.58. The van der Waals surface area contributed by atoms with Crippen LogP contribution in [0.1, 0.15) is 5.56 Å². The fraction of sp³-hybridized carbons (Fsp3) is 0.100. The summed E-state index contributed by atoms with van der Waals surface area (Å²) >= 11 is 0. The summed E-state index contributed by atoms with van der Waals surface area (Å²) in [5, 5.41) is 0. The summed E-state index contributed by atoms with van der Waals surface area (Å²) in [6.45, 7) is -0.312. The van der Waals surface area contributed by atoms with Gasteiger partial charge in [0, 0.05) is 12.3 Å². The number of anilines is 2. The summed E-state index contributed by atoms with van der Waals surface area (Å²) in [6.07, 6.45) is 1.41. The molecule has 0 spiro atoms. The first-order chi connectivity index (χ1) is 13.9. The summed E-state index contributed by atoms with van der Waals surface area (Å²) < 4.78 is 45.8. The predicted octanol–water partition coefficient (Wildman–Crippen LogP) is 3.69. The van der Waals surface area contributed by atoms with Gasteiger partial charge in [-0.3, -0.25) is 0 Å². The van der Waals surface area contributed by atoms with Crippen LogP contribution in [0.5, 0.6) is 5.75 Å². The van der Waals surface area contributed by atoms with Gasteiger partial charge in [-0.2, -0.15) is 0 Å². The number of ether oxygens (including phenoxy) is 1. The Hall–Kier alpha value is -3.46. The van der Waals surface area contributed by atoms with Crippen LogP contribution >= 0.6 is 0 Å². The first-order valence-electron chi connectivity index (χ1n) is 8.62. The zero-order chi connectivity index (χ0) is 20.6. The van der Waals surface area contributed by atoms with E-state index in [0.29, 0.717) is 21.3 Å². The molecule has 2 aromatic carbocycles. The number of nitrogens with zero attached hydrogens (tertiary/aromatic N) is 3. The maximum absolute atomic E-state index is 13.6. The van der Waals surface area contributed by atoms with Crippen molar-refractivity contribution >= 4 is 27.6 Å². The van der Waals surface area contributed by atoms with Gasteiger partial charge in [0.05, 0.1) is 19.3 Å². The fourth-order valence-electron chi connectivity index (χ4n) is 3.11. The lowest BCUT2D eigenvalue weighted by molar-refractivity contribution is 0.229. The van der Waals surface area contributed by atoms with Crippen LogP contribution in [0.2, 0.25) is 0 Å². The number of fused-ring (bicyclic) bond motifs is 1. The largest absolute Gasteiger partial charge is 0.497 e. The van der Waals surface area contributed by atoms with Crippen molar-refractivity contribution in [3.63, 3.8) is 0 Å². The van der Waals surface area contributed by atoms with Gasteiger partial charge >= 0.3 is 6.03 Å². The van der Waals surface area contributed by atoms with Crippen molar-refractivity contribution in [2.75, 3.05) is 12.0 Å². The number of halogens is 1. The van der Waals surface area contributed by atoms with Crippen LogP contribution in [0, 0.1) is 5.82 Å². The Morgan fingerprint density at radius 1 is 1.07 bits per heavy atom. The van der Waals surface area contributed by atoms with E-state index < -0.39 is 21.9 Å². The molecule has 3 aromatic rings. The van der Waals surface area contributed by atoms with E-state index in [4.69, 9.17) is 4.74 Å². The van der Waals surface area contributed by atoms with Crippen molar-refractivity contribution in [2.24, 2.45) is 0 Å². The van der Waals surface area contributed by atoms with Gasteiger partial charge in [-0.1, -0.05) is 18.2 Å². The number of pyridine rings is 1. The maximum atomic E-state index is 13.6. The molecule has 29 heavy (non-hydrogen) atoms. The summed E-state index contributed by atoms with van der Waals surface area (Å²) in [5.41, 5.74) is 0.744. The molecule has 1 aliphatic heterocycles. The average molecular weight is 413 g/mol. The third-order valence-corrected chi connectivity index (χ3v) is 6.20. The second kappa shape index (κ2) is 7.17. The lowest BCUT2D eigenvalue weighted by atomic mass is 10.2. The molecule has 0 saturated carbocycles. The third kappa shape index (κ3) is 3.29. The molecule has 0 fully saturated rings. The van der Waals surface area contributed by atoms with E-state index in [1.807, 2.05) is 0 Å². The standard InChI is InChI=1S/C20H16FN3O4S/c1-28-17-8-3-7-16(12-17)24-19-18(9-4-10-22-19)29(26,27)23(20(24)25)13-14-5-2-6-15(21)11-14/h2-12H,13H2,1H3. The maximum Gasteiger partial charge on any atom is 0.344 e. The van der Waals surface area contributed by atoms with Crippen LogP contribution in [0.15, 0.2) is 71.8 Å². The minimum atomic E-state index is -4.17. The summed E-state index contributed by atoms with van der Waals surface area (Å²) in [5.74, 6) is -0.0183. The molecule has 0 unspecified atom stereocenters. The molecular weight excluding hydrogens is 397 g/mol. The number of urea groups is 1. The number of methoxy groups -OCH3 is 1. The van der Waals surface area contributed by atoms with Crippen molar-refractivity contribution in [1.82, 2.24) is 9.29 Å². The van der Waals surface area contributed by atoms with Crippen molar-refractivity contribution < 1.29 is 22.3 Å². The average Bonchev–Trinajstić information content (AvgIpc) is 2.72. The van der Waals surface area contributed by atoms with Crippen LogP contribution in [-0.4, -0.2) is 30.8 Å². The highest BCUT2D eigenvalue weighted by Crippen LogP contribution is 2.38. The monoisotopic (exact) mass is 413 g/mol. The Morgan fingerprint density at radius 3 is 2.62 bits per heavy atom. The van der Waals surface area contributed by atoms with E-state index in [0.717, 1.165) is 0 Å². The summed E-state index contributed by atoms with van der Waals surface area (Å²) in [7, 11) is -2.68. The molecule has 0 bridgehead atoms. The van der Waals surface area contributed by atoms with Gasteiger partial charge < -0.3 is 4.74 Å². The minimum Gasteiger partial charge on any atom is -0.497 e. The van der Waals surface area contributed by atoms with E-state index in [9.17, 15) is 17.6 Å². The number of carbonyl (C=O) groups is 1. The van der Waals surface area contributed by atoms with Crippen LogP contribution in [0.4, 0.5) is 20.7 Å². The van der Waals surface area contributed by atoms with Crippen molar-refractivity contribution in [3.05, 3.63) is 78.2 Å². The Bertz CT molecular complexity index is 1200. The van der Waals surface area contributed by atoms with Crippen molar-refractivity contribution in [1.29, 1.82) is 0 Å². The predicted molar refractivity (Wildman–Crippen MR) is 104 cm³/mol. The molecule has 4 rings (SSSR count). The van der Waals surface area contributed by atoms with Gasteiger partial charge in [0.1, 0.15) is 16.5 Å². The zero-order valence-electron chi connectivity index (χ0n) is 15.3. The normalized spacial score (nSPS) is 15.2. The topological polar surface area (TPSA) is 79.8 Å². The first kappa shape index (κ1) is 18.9. The van der Waals surface area contributed by atoms with E-state index >= 15 is 0 Å². The number of rotatable bonds is 4. The molecule has 0 aliphatic carbocycles. The highest BCUT2D eigenvalue weighted by Gasteiger charge is 2.43. The van der Waals surface area contributed by atoms with Gasteiger partial charge in [0.15, 0.2) is 5.82 Å². The Balaban J connectivity index is 1.87. The Morgan fingerprint density at radius 2 is 1.86 bits per heavy atom. The third-order valence-electron chi connectivity index (χ3n) is 4.46. The van der Waals surface area contributed by atoms with E-state index in [1.54, 1.807) is 30.3 Å². The molecule has 7 nitrogen and oxygen atoms in total. The number of hydrogen-bond donors (Lipinski definition) is 0. The van der Waals surface area contributed by atoms with Crippen LogP contribution in [0.25, 0.3) is 0 Å². The molecular formula is C20H16FN3O4S. The number of aromatic nitrogens is 1. The molecule has 148 valence electrons. The second-order valence-corrected chi connectivity index (χ2v) is 8.12. The first-order valence-corrected chi connectivity index (χ1v) is 10.1. The smallest absolute Gasteiger partial charge is 0.344 e. The highest BCUT2D eigenvalue weighted by molar-refractivity contribution is 7.90. The number of amides is 2. The van der Waals surface area contributed by atoms with Crippen LogP contribution in [-0.2, 0) is 16.6 Å². The minimum absolute atomic E-state index is 0.00115. The SMILES string of the molecule is COc1cccc(N2C(=O)N(Cc3cccc(F)c3)S(=O)(=O)c3cccnc32)c1. The van der Waals surface area contributed by atoms with E-state index in [-0.39, 0.29) is 17.3 Å². The van der Waals surface area contributed by atoms with Gasteiger partial charge in [-0.25, -0.2) is 31.8 Å². The molecule has 0 radical (unpaired) electrons. The molecule has 1 aliphatic rings. The Labute approximate surface area is 167 Å². The van der Waals surface area contributed by atoms with Gasteiger partial charge in [-0.15, -0.1) is 0 Å². The number of carbonyl (C=O) groups excluding carboxylic acids is 1. The lowest BCUT2D eigenvalue weighted by Crippen LogP contribution is -2.48. The molecule has 1 aromatic heterocycles. The number of sulfonamides is 1. The van der Waals surface area contributed by atoms with E-state index in [2.05, 4.69) is 4.98 Å². The van der Waals surface area contributed by atoms with Crippen LogP contribution < -0.4 is 9.64 Å². The molecule has 0 N–H and O–H groups in total. The lowest BCUT2D eigenvalue weighted by Gasteiger charge is -2.35. The quantitative estimate of drug-likeness (QED) is 0.652. The highest BCUT2D eigenvalue weighted by atomic mass is 32.2. The summed E-state index contributed by atoms with van der Waals surface area (Å²) in [4.78, 5) is 18.5. The second-order valence-electron chi connectivity index (χ2n) is 6.29. The molecule has 2 heterocycles. The zero-order valence-corrected chi connectivity index (χ0v) is 16.1. The van der Waals surface area contributed by atoms with Gasteiger partial charge in [0.2, 0.25) is 0 Å². The van der Waals surface area contributed by atoms with Crippen molar-refractivity contribution in [3.8, 4) is 5.75 Å².